The van der Waals surface area contributed by atoms with Crippen LogP contribution >= 0.6 is 0 Å². The molecule has 2 heteroatoms. The molecular formula is C17H23NO. The third-order valence-electron chi connectivity index (χ3n) is 6.28. The van der Waals surface area contributed by atoms with Crippen LogP contribution in [-0.2, 0) is 4.79 Å². The zero-order valence-corrected chi connectivity index (χ0v) is 11.8. The molecule has 1 saturated carbocycles. The second-order valence-electron chi connectivity index (χ2n) is 6.99. The topological polar surface area (TPSA) is 20.3 Å². The Balaban J connectivity index is 1.85. The molecule has 2 bridgehead atoms. The molecular weight excluding hydrogens is 234 g/mol. The second-order valence-corrected chi connectivity index (χ2v) is 6.99. The van der Waals surface area contributed by atoms with Gasteiger partial charge in [0.1, 0.15) is 0 Å². The maximum atomic E-state index is 11.9. The van der Waals surface area contributed by atoms with Gasteiger partial charge in [0, 0.05) is 12.5 Å². The molecule has 0 radical (unpaired) electrons. The summed E-state index contributed by atoms with van der Waals surface area (Å²) in [7, 11) is 2.30. The highest BCUT2D eigenvalue weighted by Crippen LogP contribution is 2.59. The van der Waals surface area contributed by atoms with Gasteiger partial charge >= 0.3 is 0 Å². The number of piperidine rings is 1. The van der Waals surface area contributed by atoms with Crippen molar-refractivity contribution in [3.05, 3.63) is 23.3 Å². The molecule has 2 nitrogen and oxygen atoms in total. The molecule has 0 N–H and O–H groups in total. The number of ketones is 1. The van der Waals surface area contributed by atoms with Gasteiger partial charge in [-0.15, -0.1) is 0 Å². The van der Waals surface area contributed by atoms with Crippen molar-refractivity contribution in [2.45, 2.75) is 51.0 Å². The summed E-state index contributed by atoms with van der Waals surface area (Å²) in [4.78, 5) is 14.5. The van der Waals surface area contributed by atoms with E-state index in [4.69, 9.17) is 0 Å². The summed E-state index contributed by atoms with van der Waals surface area (Å²) in [5.74, 6) is 1.15. The lowest BCUT2D eigenvalue weighted by atomic mass is 9.51. The van der Waals surface area contributed by atoms with Crippen LogP contribution in [0.25, 0.3) is 0 Å². The fourth-order valence-electron chi connectivity index (χ4n) is 5.36. The Bertz CT molecular complexity index is 489. The molecule has 0 aromatic carbocycles. The standard InChI is InChI=1S/C17H23NO/c1-18-9-8-17-7-3-2-4-14(17)16(18)10-12-5-6-13(19)11-15(12)17/h5-6,14,16H,2-4,7-11H2,1H3/t14-,16+,17+/m0/s1. The number of allylic oxidation sites excluding steroid dienone is 3. The van der Waals surface area contributed by atoms with Crippen LogP contribution in [-0.4, -0.2) is 30.3 Å². The van der Waals surface area contributed by atoms with Gasteiger partial charge in [0.25, 0.3) is 0 Å². The molecule has 0 spiro atoms. The highest BCUT2D eigenvalue weighted by molar-refractivity contribution is 5.94. The van der Waals surface area contributed by atoms with Crippen molar-refractivity contribution >= 4 is 5.78 Å². The van der Waals surface area contributed by atoms with Crippen LogP contribution in [0.2, 0.25) is 0 Å². The predicted octanol–water partition coefficient (Wildman–Crippen LogP) is 3.10. The summed E-state index contributed by atoms with van der Waals surface area (Å²) in [6.45, 7) is 1.22. The van der Waals surface area contributed by atoms with E-state index >= 15 is 0 Å². The van der Waals surface area contributed by atoms with Crippen molar-refractivity contribution in [2.24, 2.45) is 11.3 Å². The van der Waals surface area contributed by atoms with Gasteiger partial charge in [-0.1, -0.05) is 24.5 Å². The minimum Gasteiger partial charge on any atom is -0.303 e. The van der Waals surface area contributed by atoms with E-state index in [1.807, 2.05) is 6.08 Å². The average Bonchev–Trinajstić information content (AvgIpc) is 2.43. The molecule has 1 aliphatic heterocycles. The minimum atomic E-state index is 0.329. The maximum absolute atomic E-state index is 11.9. The highest BCUT2D eigenvalue weighted by Gasteiger charge is 2.54. The summed E-state index contributed by atoms with van der Waals surface area (Å²) in [5.41, 5.74) is 3.45. The van der Waals surface area contributed by atoms with Gasteiger partial charge in [-0.25, -0.2) is 0 Å². The van der Waals surface area contributed by atoms with E-state index < -0.39 is 0 Å². The van der Waals surface area contributed by atoms with Crippen LogP contribution < -0.4 is 0 Å². The summed E-state index contributed by atoms with van der Waals surface area (Å²) in [5, 5.41) is 0. The molecule has 1 heterocycles. The van der Waals surface area contributed by atoms with Gasteiger partial charge in [0.05, 0.1) is 0 Å². The van der Waals surface area contributed by atoms with Gasteiger partial charge < -0.3 is 4.90 Å². The van der Waals surface area contributed by atoms with Crippen LogP contribution in [0.3, 0.4) is 0 Å². The fraction of sp³-hybridized carbons (Fsp3) is 0.706. The van der Waals surface area contributed by atoms with Crippen molar-refractivity contribution in [2.75, 3.05) is 13.6 Å². The quantitative estimate of drug-likeness (QED) is 0.664. The SMILES string of the molecule is CN1CC[C@]23CCCC[C@H]2[C@H]1CC1=C3CC(=O)C=C1. The van der Waals surface area contributed by atoms with E-state index in [1.165, 1.54) is 50.6 Å². The fourth-order valence-corrected chi connectivity index (χ4v) is 5.36. The van der Waals surface area contributed by atoms with Crippen molar-refractivity contribution in [3.8, 4) is 0 Å². The largest absolute Gasteiger partial charge is 0.303 e. The van der Waals surface area contributed by atoms with Crippen LogP contribution in [0.15, 0.2) is 23.3 Å². The molecule has 0 aromatic heterocycles. The number of likely N-dealkylation sites (tertiary alicyclic amines) is 1. The second kappa shape index (κ2) is 4.05. The van der Waals surface area contributed by atoms with E-state index in [0.29, 0.717) is 11.2 Å². The molecule has 0 aromatic rings. The Kier molecular flexibility index (Phi) is 2.54. The Morgan fingerprint density at radius 2 is 2.16 bits per heavy atom. The van der Waals surface area contributed by atoms with Crippen LogP contribution in [0, 0.1) is 11.3 Å². The molecule has 1 saturated heterocycles. The number of hydrogen-bond acceptors (Lipinski definition) is 2. The highest BCUT2D eigenvalue weighted by atomic mass is 16.1. The summed E-state index contributed by atoms with van der Waals surface area (Å²) in [6, 6.07) is 0.727. The monoisotopic (exact) mass is 257 g/mol. The normalized spacial score (nSPS) is 42.1. The summed E-state index contributed by atoms with van der Waals surface area (Å²) < 4.78 is 0. The molecule has 19 heavy (non-hydrogen) atoms. The molecule has 0 amide bonds. The van der Waals surface area contributed by atoms with Crippen LogP contribution in [0.1, 0.15) is 44.9 Å². The van der Waals surface area contributed by atoms with E-state index in [2.05, 4.69) is 18.0 Å². The molecule has 3 aliphatic carbocycles. The van der Waals surface area contributed by atoms with Crippen molar-refractivity contribution < 1.29 is 4.79 Å². The Morgan fingerprint density at radius 3 is 3.05 bits per heavy atom. The van der Waals surface area contributed by atoms with E-state index in [9.17, 15) is 4.79 Å². The molecule has 4 rings (SSSR count). The Labute approximate surface area is 115 Å². The number of rotatable bonds is 0. The zero-order chi connectivity index (χ0) is 13.0. The number of nitrogens with zero attached hydrogens (tertiary/aromatic N) is 1. The van der Waals surface area contributed by atoms with Gasteiger partial charge in [-0.05, 0) is 62.3 Å². The maximum Gasteiger partial charge on any atom is 0.159 e. The van der Waals surface area contributed by atoms with Gasteiger partial charge in [0.15, 0.2) is 5.78 Å². The smallest absolute Gasteiger partial charge is 0.159 e. The summed E-state index contributed by atoms with van der Waals surface area (Å²) in [6.07, 6.45) is 12.6. The van der Waals surface area contributed by atoms with Gasteiger partial charge in [-0.2, -0.15) is 0 Å². The third-order valence-corrected chi connectivity index (χ3v) is 6.28. The number of carbonyl (C=O) groups excluding carboxylic acids is 1. The lowest BCUT2D eigenvalue weighted by molar-refractivity contribution is -0.115. The van der Waals surface area contributed by atoms with E-state index in [-0.39, 0.29) is 0 Å². The lowest BCUT2D eigenvalue weighted by Gasteiger charge is -2.59. The zero-order valence-electron chi connectivity index (χ0n) is 11.8. The van der Waals surface area contributed by atoms with Gasteiger partial charge in [0.2, 0.25) is 0 Å². The van der Waals surface area contributed by atoms with Crippen molar-refractivity contribution in [1.29, 1.82) is 0 Å². The Hall–Kier alpha value is -0.890. The van der Waals surface area contributed by atoms with E-state index in [1.54, 1.807) is 5.57 Å². The number of hydrogen-bond donors (Lipinski definition) is 0. The molecule has 0 unspecified atom stereocenters. The first kappa shape index (κ1) is 11.9. The van der Waals surface area contributed by atoms with E-state index in [0.717, 1.165) is 18.4 Å². The first-order valence-electron chi connectivity index (χ1n) is 7.84. The molecule has 102 valence electrons. The van der Waals surface area contributed by atoms with Gasteiger partial charge in [-0.3, -0.25) is 4.79 Å². The molecule has 3 atom stereocenters. The van der Waals surface area contributed by atoms with Crippen molar-refractivity contribution in [3.63, 3.8) is 0 Å². The Morgan fingerprint density at radius 1 is 1.26 bits per heavy atom. The first-order chi connectivity index (χ1) is 9.21. The first-order valence-corrected chi connectivity index (χ1v) is 7.84. The van der Waals surface area contributed by atoms with Crippen LogP contribution in [0.5, 0.6) is 0 Å². The third kappa shape index (κ3) is 1.56. The lowest BCUT2D eigenvalue weighted by Crippen LogP contribution is -2.57. The van der Waals surface area contributed by atoms with Crippen LogP contribution in [0.4, 0.5) is 0 Å². The van der Waals surface area contributed by atoms with Crippen molar-refractivity contribution in [1.82, 2.24) is 4.90 Å². The molecule has 2 fully saturated rings. The molecule has 4 aliphatic rings. The minimum absolute atomic E-state index is 0.329. The number of carbonyl (C=O) groups is 1. The average molecular weight is 257 g/mol. The summed E-state index contributed by atoms with van der Waals surface area (Å²) >= 11 is 0. The predicted molar refractivity (Wildman–Crippen MR) is 75.8 cm³/mol.